The number of ether oxygens (including phenoxy) is 3. The Labute approximate surface area is 328 Å². The number of carbonyl (C=O) groups excluding carboxylic acids is 3. The van der Waals surface area contributed by atoms with Crippen LogP contribution in [0.1, 0.15) is 106 Å². The van der Waals surface area contributed by atoms with Crippen molar-refractivity contribution in [2.75, 3.05) is 16.8 Å². The van der Waals surface area contributed by atoms with Gasteiger partial charge in [-0.2, -0.15) is 0 Å². The standard InChI is InChI=1S/C46H53NO7S/c1-46(2,3)39-25-23-33(27-40(39)47-43(48)28-38-36-18-10-12-20-41(36)54-42-21-13-11-19-37(38)42)22-24-35(26-32-14-6-4-7-15-32)53-45(50)31-55(51)30-44(49)52-29-34-16-8-5-9-17-34/h5,8-13,16-21,23,25,27,32,35,38H,4,6-7,14-15,22,24,26,28-31H2,1-3H3,(H,47,48). The van der Waals surface area contributed by atoms with Gasteiger partial charge in [0.15, 0.2) is 0 Å². The molecule has 55 heavy (non-hydrogen) atoms. The van der Waals surface area contributed by atoms with Crippen LogP contribution in [0.25, 0.3) is 0 Å². The van der Waals surface area contributed by atoms with Gasteiger partial charge in [0.25, 0.3) is 0 Å². The van der Waals surface area contributed by atoms with E-state index in [0.29, 0.717) is 18.8 Å². The van der Waals surface area contributed by atoms with Crippen molar-refractivity contribution in [1.29, 1.82) is 0 Å². The van der Waals surface area contributed by atoms with Crippen LogP contribution in [0.15, 0.2) is 97.1 Å². The molecule has 2 aliphatic rings. The van der Waals surface area contributed by atoms with E-state index in [1.807, 2.05) is 78.9 Å². The fourth-order valence-corrected chi connectivity index (χ4v) is 8.56. The number of benzene rings is 4. The highest BCUT2D eigenvalue weighted by molar-refractivity contribution is 7.92. The van der Waals surface area contributed by atoms with Gasteiger partial charge >= 0.3 is 11.9 Å². The molecule has 1 fully saturated rings. The van der Waals surface area contributed by atoms with E-state index in [2.05, 4.69) is 44.3 Å². The third kappa shape index (κ3) is 11.5. The molecule has 0 spiro atoms. The Kier molecular flexibility index (Phi) is 13.7. The molecule has 1 saturated carbocycles. The van der Waals surface area contributed by atoms with Crippen molar-refractivity contribution in [3.63, 3.8) is 0 Å². The number of anilines is 1. The van der Waals surface area contributed by atoms with Gasteiger partial charge in [-0.05, 0) is 76.7 Å². The quantitative estimate of drug-likeness (QED) is 0.0948. The molecule has 0 radical (unpaired) electrons. The number of nitrogens with one attached hydrogen (secondary N) is 1. The SMILES string of the molecule is CC(C)(C)c1ccc(CCC(CC2CCCCC2)OC(=O)C[S+]([O-])CC(=O)OCc2ccccc2)cc1NC(=O)CC1c2ccccc2Oc2ccccc21. The second-order valence-electron chi connectivity index (χ2n) is 15.9. The number of esters is 2. The summed E-state index contributed by atoms with van der Waals surface area (Å²) in [5.74, 6) is -0.132. The number of carbonyl (C=O) groups is 3. The van der Waals surface area contributed by atoms with Crippen LogP contribution in [-0.2, 0) is 53.5 Å². The van der Waals surface area contributed by atoms with Crippen LogP contribution in [0.4, 0.5) is 5.69 Å². The fourth-order valence-electron chi connectivity index (χ4n) is 7.78. The molecule has 2 atom stereocenters. The summed E-state index contributed by atoms with van der Waals surface area (Å²) < 4.78 is 30.2. The Bertz CT molecular complexity index is 1870. The van der Waals surface area contributed by atoms with Gasteiger partial charge in [0, 0.05) is 29.2 Å². The van der Waals surface area contributed by atoms with Gasteiger partial charge in [0.1, 0.15) is 24.2 Å². The highest BCUT2D eigenvalue weighted by Crippen LogP contribution is 2.45. The van der Waals surface area contributed by atoms with Gasteiger partial charge in [-0.1, -0.05) is 132 Å². The van der Waals surface area contributed by atoms with Crippen molar-refractivity contribution >= 4 is 34.7 Å². The Morgan fingerprint density at radius 1 is 0.818 bits per heavy atom. The molecule has 2 unspecified atom stereocenters. The van der Waals surface area contributed by atoms with Crippen LogP contribution >= 0.6 is 0 Å². The fraction of sp³-hybridized carbons (Fsp3) is 0.413. The van der Waals surface area contributed by atoms with E-state index in [1.54, 1.807) is 0 Å². The molecule has 1 aliphatic carbocycles. The molecule has 4 aromatic carbocycles. The first kappa shape index (κ1) is 40.1. The van der Waals surface area contributed by atoms with Crippen molar-refractivity contribution in [2.45, 2.75) is 103 Å². The number of rotatable bonds is 15. The van der Waals surface area contributed by atoms with Gasteiger partial charge in [0.2, 0.25) is 17.4 Å². The smallest absolute Gasteiger partial charge is 0.356 e. The first-order valence-electron chi connectivity index (χ1n) is 19.5. The zero-order chi connectivity index (χ0) is 38.8. The summed E-state index contributed by atoms with van der Waals surface area (Å²) in [6.45, 7) is 6.49. The molecule has 0 saturated heterocycles. The molecule has 1 N–H and O–H groups in total. The van der Waals surface area contributed by atoms with E-state index >= 15 is 0 Å². The number of para-hydroxylation sites is 2. The van der Waals surface area contributed by atoms with E-state index in [-0.39, 0.29) is 47.9 Å². The topological polar surface area (TPSA) is 114 Å². The Morgan fingerprint density at radius 3 is 2.13 bits per heavy atom. The predicted molar refractivity (Wildman–Crippen MR) is 217 cm³/mol. The Balaban J connectivity index is 1.10. The summed E-state index contributed by atoms with van der Waals surface area (Å²) in [6.07, 6.45) is 7.64. The zero-order valence-corrected chi connectivity index (χ0v) is 33.0. The lowest BCUT2D eigenvalue weighted by Crippen LogP contribution is -2.30. The van der Waals surface area contributed by atoms with Crippen LogP contribution in [-0.4, -0.2) is 40.0 Å². The summed E-state index contributed by atoms with van der Waals surface area (Å²) >= 11 is -1.75. The van der Waals surface area contributed by atoms with Crippen molar-refractivity contribution < 1.29 is 33.1 Å². The van der Waals surface area contributed by atoms with Crippen LogP contribution in [0.5, 0.6) is 11.5 Å². The lowest BCUT2D eigenvalue weighted by Gasteiger charge is -2.29. The second kappa shape index (κ2) is 18.8. The summed E-state index contributed by atoms with van der Waals surface area (Å²) in [4.78, 5) is 39.3. The van der Waals surface area contributed by atoms with Crippen LogP contribution in [0, 0.1) is 5.92 Å². The van der Waals surface area contributed by atoms with E-state index in [9.17, 15) is 18.9 Å². The lowest BCUT2D eigenvalue weighted by atomic mass is 9.83. The van der Waals surface area contributed by atoms with E-state index in [0.717, 1.165) is 64.3 Å². The average molecular weight is 764 g/mol. The molecular formula is C46H53NO7S. The van der Waals surface area contributed by atoms with Gasteiger partial charge in [0.05, 0.1) is 0 Å². The second-order valence-corrected chi connectivity index (χ2v) is 17.3. The van der Waals surface area contributed by atoms with Crippen molar-refractivity contribution in [3.05, 3.63) is 125 Å². The summed E-state index contributed by atoms with van der Waals surface area (Å²) in [6, 6.07) is 31.3. The normalized spacial score (nSPS) is 15.5. The highest BCUT2D eigenvalue weighted by Gasteiger charge is 2.30. The number of amides is 1. The summed E-state index contributed by atoms with van der Waals surface area (Å²) in [5.41, 5.74) is 5.44. The monoisotopic (exact) mass is 763 g/mol. The van der Waals surface area contributed by atoms with Crippen molar-refractivity contribution in [3.8, 4) is 11.5 Å². The average Bonchev–Trinajstić information content (AvgIpc) is 3.16. The molecule has 1 aliphatic heterocycles. The van der Waals surface area contributed by atoms with E-state index < -0.39 is 23.1 Å². The minimum atomic E-state index is -1.75. The zero-order valence-electron chi connectivity index (χ0n) is 32.2. The molecule has 0 bridgehead atoms. The first-order valence-corrected chi connectivity index (χ1v) is 21.0. The Hall–Kier alpha value is -4.60. The molecule has 6 rings (SSSR count). The molecule has 290 valence electrons. The van der Waals surface area contributed by atoms with Crippen LogP contribution in [0.2, 0.25) is 0 Å². The third-order valence-electron chi connectivity index (χ3n) is 10.5. The largest absolute Gasteiger partial charge is 0.615 e. The maximum Gasteiger partial charge on any atom is 0.356 e. The summed E-state index contributed by atoms with van der Waals surface area (Å²) in [7, 11) is 0. The molecule has 9 heteroatoms. The van der Waals surface area contributed by atoms with Gasteiger partial charge in [-0.25, -0.2) is 9.59 Å². The summed E-state index contributed by atoms with van der Waals surface area (Å²) in [5, 5.41) is 3.27. The molecule has 1 amide bonds. The maximum absolute atomic E-state index is 13.9. The number of aryl methyl sites for hydroxylation is 1. The third-order valence-corrected chi connectivity index (χ3v) is 11.7. The predicted octanol–water partition coefficient (Wildman–Crippen LogP) is 9.56. The number of hydrogen-bond acceptors (Lipinski definition) is 7. The minimum absolute atomic E-state index is 0.0831. The van der Waals surface area contributed by atoms with E-state index in [4.69, 9.17) is 14.2 Å². The van der Waals surface area contributed by atoms with E-state index in [1.165, 1.54) is 19.3 Å². The molecule has 1 heterocycles. The maximum atomic E-state index is 13.9. The lowest BCUT2D eigenvalue weighted by molar-refractivity contribution is -0.147. The van der Waals surface area contributed by atoms with Gasteiger partial charge in [-0.3, -0.25) is 4.79 Å². The molecular weight excluding hydrogens is 711 g/mol. The first-order chi connectivity index (χ1) is 26.5. The highest BCUT2D eigenvalue weighted by atomic mass is 32.2. The van der Waals surface area contributed by atoms with Crippen molar-refractivity contribution in [1.82, 2.24) is 0 Å². The van der Waals surface area contributed by atoms with Crippen LogP contribution < -0.4 is 10.1 Å². The minimum Gasteiger partial charge on any atom is -0.615 e. The Morgan fingerprint density at radius 2 is 1.45 bits per heavy atom. The molecule has 0 aromatic heterocycles. The number of hydrogen-bond donors (Lipinski definition) is 1. The molecule has 8 nitrogen and oxygen atoms in total. The van der Waals surface area contributed by atoms with Crippen molar-refractivity contribution in [2.24, 2.45) is 5.92 Å². The van der Waals surface area contributed by atoms with Gasteiger partial charge < -0.3 is 24.1 Å². The number of fused-ring (bicyclic) bond motifs is 2. The van der Waals surface area contributed by atoms with Gasteiger partial charge in [-0.15, -0.1) is 0 Å². The van der Waals surface area contributed by atoms with Crippen LogP contribution in [0.3, 0.4) is 0 Å². The molecule has 4 aromatic rings.